The van der Waals surface area contributed by atoms with E-state index in [-0.39, 0.29) is 57.1 Å². The largest absolute Gasteiger partial charge is 0.369 e. The number of hydrogen-bond donors (Lipinski definition) is 2. The van der Waals surface area contributed by atoms with Crippen LogP contribution in [-0.2, 0) is 11.8 Å². The van der Waals surface area contributed by atoms with Crippen LogP contribution in [0.4, 0.5) is 24.9 Å². The first kappa shape index (κ1) is 26.5. The molecule has 36 heavy (non-hydrogen) atoms. The number of halogens is 5. The molecule has 1 amide bonds. The van der Waals surface area contributed by atoms with Gasteiger partial charge in [-0.25, -0.2) is 18.2 Å². The highest BCUT2D eigenvalue weighted by atomic mass is 79.9. The third-order valence-electron chi connectivity index (χ3n) is 6.46. The second-order valence-electron chi connectivity index (χ2n) is 9.58. The zero-order chi connectivity index (χ0) is 26.4. The number of carbonyl (C=O) groups is 1. The van der Waals surface area contributed by atoms with Gasteiger partial charge in [-0.15, -0.1) is 0 Å². The fourth-order valence-corrected chi connectivity index (χ4v) is 4.71. The van der Waals surface area contributed by atoms with Gasteiger partial charge in [-0.3, -0.25) is 9.48 Å². The summed E-state index contributed by atoms with van der Waals surface area (Å²) >= 11 is 9.32. The Morgan fingerprint density at radius 2 is 2.06 bits per heavy atom. The van der Waals surface area contributed by atoms with Gasteiger partial charge in [0.05, 0.1) is 21.6 Å². The minimum atomic E-state index is -2.58. The van der Waals surface area contributed by atoms with E-state index < -0.39 is 23.6 Å². The average Bonchev–Trinajstić information content (AvgIpc) is 3.47. The SMILES string of the molecule is CNC(=O)[C@@H]1CN(c2nc(NCC(C)(C)C(F)F)c3cc(Cl)c(Br)c(F)c3n2)C[C@H]1c1cnn(C)c1. The Balaban J connectivity index is 1.78. The van der Waals surface area contributed by atoms with Gasteiger partial charge in [0, 0.05) is 56.6 Å². The Labute approximate surface area is 219 Å². The second-order valence-corrected chi connectivity index (χ2v) is 10.8. The maximum absolute atomic E-state index is 15.2. The number of alkyl halides is 2. The van der Waals surface area contributed by atoms with E-state index in [0.717, 1.165) is 5.56 Å². The van der Waals surface area contributed by atoms with Gasteiger partial charge in [0.1, 0.15) is 11.3 Å². The molecule has 3 aromatic rings. The third-order valence-corrected chi connectivity index (χ3v) is 7.76. The summed E-state index contributed by atoms with van der Waals surface area (Å²) in [5.74, 6) is -1.11. The topological polar surface area (TPSA) is 88.0 Å². The van der Waals surface area contributed by atoms with Gasteiger partial charge in [0.25, 0.3) is 0 Å². The minimum absolute atomic E-state index is 0.0186. The lowest BCUT2D eigenvalue weighted by atomic mass is 9.90. The first-order valence-corrected chi connectivity index (χ1v) is 12.4. The summed E-state index contributed by atoms with van der Waals surface area (Å²) in [4.78, 5) is 23.5. The molecule has 4 rings (SSSR count). The molecule has 1 aliphatic heterocycles. The van der Waals surface area contributed by atoms with E-state index in [4.69, 9.17) is 11.6 Å². The van der Waals surface area contributed by atoms with E-state index in [0.29, 0.717) is 6.54 Å². The van der Waals surface area contributed by atoms with Crippen molar-refractivity contribution in [2.24, 2.45) is 18.4 Å². The van der Waals surface area contributed by atoms with E-state index in [9.17, 15) is 13.6 Å². The van der Waals surface area contributed by atoms with Crippen LogP contribution in [0.3, 0.4) is 0 Å². The van der Waals surface area contributed by atoms with Crippen molar-refractivity contribution in [3.63, 3.8) is 0 Å². The Morgan fingerprint density at radius 1 is 1.33 bits per heavy atom. The molecule has 0 aliphatic carbocycles. The van der Waals surface area contributed by atoms with Crippen LogP contribution >= 0.6 is 27.5 Å². The normalized spacial score (nSPS) is 18.3. The van der Waals surface area contributed by atoms with Gasteiger partial charge in [-0.2, -0.15) is 10.1 Å². The number of aryl methyl sites for hydroxylation is 1. The molecule has 2 atom stereocenters. The highest BCUT2D eigenvalue weighted by Gasteiger charge is 2.40. The number of nitrogens with one attached hydrogen (secondary N) is 2. The van der Waals surface area contributed by atoms with Crippen LogP contribution in [-0.4, -0.2) is 58.8 Å². The molecule has 1 fully saturated rings. The molecule has 8 nitrogen and oxygen atoms in total. The molecule has 13 heteroatoms. The number of aromatic nitrogens is 4. The smallest absolute Gasteiger partial charge is 0.245 e. The number of nitrogens with zero attached hydrogens (tertiary/aromatic N) is 5. The lowest BCUT2D eigenvalue weighted by molar-refractivity contribution is -0.124. The standard InChI is InChI=1S/C23H26BrClF3N7O/c1-23(2,21(27)28)10-30-19-12-5-15(25)16(24)17(26)18(12)32-22(33-19)35-8-13(11-6-31-34(4)7-11)14(9-35)20(36)29-3/h5-7,13-14,21H,8-10H2,1-4H3,(H,29,36)(H,30,32,33)/t13-,14+/m0/s1. The molecule has 1 aliphatic rings. The molecule has 0 saturated carbocycles. The van der Waals surface area contributed by atoms with E-state index in [1.807, 2.05) is 6.20 Å². The molecule has 2 aromatic heterocycles. The van der Waals surface area contributed by atoms with Crippen molar-refractivity contribution in [2.75, 3.05) is 36.9 Å². The summed E-state index contributed by atoms with van der Waals surface area (Å²) in [7, 11) is 3.36. The van der Waals surface area contributed by atoms with Crippen LogP contribution in [0.1, 0.15) is 25.3 Å². The van der Waals surface area contributed by atoms with Crippen molar-refractivity contribution in [3.8, 4) is 0 Å². The van der Waals surface area contributed by atoms with Gasteiger partial charge in [-0.1, -0.05) is 25.4 Å². The molecular weight excluding hydrogens is 563 g/mol. The fraction of sp³-hybridized carbons (Fsp3) is 0.478. The van der Waals surface area contributed by atoms with Crippen LogP contribution in [0, 0.1) is 17.2 Å². The molecule has 2 N–H and O–H groups in total. The number of fused-ring (bicyclic) bond motifs is 1. The molecule has 194 valence electrons. The van der Waals surface area contributed by atoms with Crippen LogP contribution in [0.15, 0.2) is 22.9 Å². The van der Waals surface area contributed by atoms with Gasteiger partial charge >= 0.3 is 0 Å². The van der Waals surface area contributed by atoms with Crippen LogP contribution in [0.25, 0.3) is 10.9 Å². The average molecular weight is 589 g/mol. The van der Waals surface area contributed by atoms with Gasteiger partial charge < -0.3 is 15.5 Å². The monoisotopic (exact) mass is 587 g/mol. The quantitative estimate of drug-likeness (QED) is 0.393. The summed E-state index contributed by atoms with van der Waals surface area (Å²) in [6.07, 6.45) is 0.978. The molecule has 0 bridgehead atoms. The predicted molar refractivity (Wildman–Crippen MR) is 136 cm³/mol. The highest BCUT2D eigenvalue weighted by molar-refractivity contribution is 9.10. The van der Waals surface area contributed by atoms with E-state index in [1.54, 1.807) is 29.9 Å². The zero-order valence-corrected chi connectivity index (χ0v) is 22.5. The number of benzene rings is 1. The molecule has 3 heterocycles. The Morgan fingerprint density at radius 3 is 2.67 bits per heavy atom. The number of anilines is 2. The molecule has 0 radical (unpaired) electrons. The minimum Gasteiger partial charge on any atom is -0.369 e. The molecule has 0 spiro atoms. The Bertz CT molecular complexity index is 1300. The van der Waals surface area contributed by atoms with Crippen molar-refractivity contribution in [2.45, 2.75) is 26.2 Å². The van der Waals surface area contributed by atoms with Gasteiger partial charge in [0.15, 0.2) is 5.82 Å². The van der Waals surface area contributed by atoms with E-state index in [1.165, 1.54) is 19.9 Å². The fourth-order valence-electron chi connectivity index (χ4n) is 4.21. The lowest BCUT2D eigenvalue weighted by Gasteiger charge is -2.25. The summed E-state index contributed by atoms with van der Waals surface area (Å²) in [5.41, 5.74) is -0.500. The van der Waals surface area contributed by atoms with Gasteiger partial charge in [-0.05, 0) is 27.6 Å². The molecule has 1 aromatic carbocycles. The zero-order valence-electron chi connectivity index (χ0n) is 20.1. The molecular formula is C23H26BrClF3N7O. The summed E-state index contributed by atoms with van der Waals surface area (Å²) in [5, 5.41) is 10.2. The second kappa shape index (κ2) is 10.0. The number of amides is 1. The van der Waals surface area contributed by atoms with E-state index >= 15 is 4.39 Å². The van der Waals surface area contributed by atoms with Crippen LogP contribution < -0.4 is 15.5 Å². The molecule has 1 saturated heterocycles. The summed E-state index contributed by atoms with van der Waals surface area (Å²) in [6, 6.07) is 1.49. The summed E-state index contributed by atoms with van der Waals surface area (Å²) < 4.78 is 43.9. The summed E-state index contributed by atoms with van der Waals surface area (Å²) in [6.45, 7) is 3.39. The van der Waals surface area contributed by atoms with Crippen molar-refractivity contribution >= 4 is 56.1 Å². The highest BCUT2D eigenvalue weighted by Crippen LogP contribution is 2.38. The van der Waals surface area contributed by atoms with Crippen molar-refractivity contribution in [3.05, 3.63) is 39.3 Å². The Hall–Kier alpha value is -2.60. The Kier molecular flexibility index (Phi) is 7.38. The molecule has 0 unspecified atom stereocenters. The van der Waals surface area contributed by atoms with Crippen molar-refractivity contribution < 1.29 is 18.0 Å². The van der Waals surface area contributed by atoms with E-state index in [2.05, 4.69) is 41.6 Å². The first-order valence-electron chi connectivity index (χ1n) is 11.2. The van der Waals surface area contributed by atoms with Gasteiger partial charge in [0.2, 0.25) is 18.3 Å². The van der Waals surface area contributed by atoms with Crippen molar-refractivity contribution in [1.82, 2.24) is 25.1 Å². The van der Waals surface area contributed by atoms with Crippen LogP contribution in [0.2, 0.25) is 5.02 Å². The first-order chi connectivity index (χ1) is 16.9. The van der Waals surface area contributed by atoms with Crippen molar-refractivity contribution in [1.29, 1.82) is 0 Å². The third kappa shape index (κ3) is 4.97. The number of rotatable bonds is 7. The van der Waals surface area contributed by atoms with Crippen LogP contribution in [0.5, 0.6) is 0 Å². The predicted octanol–water partition coefficient (Wildman–Crippen LogP) is 4.59. The lowest BCUT2D eigenvalue weighted by Crippen LogP contribution is -2.32. The maximum atomic E-state index is 15.2. The number of hydrogen-bond acceptors (Lipinski definition) is 6. The maximum Gasteiger partial charge on any atom is 0.245 e. The number of carbonyl (C=O) groups excluding carboxylic acids is 1.